The van der Waals surface area contributed by atoms with Gasteiger partial charge in [0.2, 0.25) is 5.95 Å². The molecule has 0 saturated carbocycles. The Labute approximate surface area is 122 Å². The lowest BCUT2D eigenvalue weighted by Gasteiger charge is -2.27. The minimum absolute atomic E-state index is 0.244. The lowest BCUT2D eigenvalue weighted by Crippen LogP contribution is -2.37. The molecule has 1 N–H and O–H groups in total. The normalized spacial score (nSPS) is 15.0. The molecule has 0 aliphatic carbocycles. The molecule has 7 heteroatoms. The predicted molar refractivity (Wildman–Crippen MR) is 76.6 cm³/mol. The van der Waals surface area contributed by atoms with Gasteiger partial charge in [-0.3, -0.25) is 0 Å². The summed E-state index contributed by atoms with van der Waals surface area (Å²) in [7, 11) is 0. The molecule has 21 heavy (non-hydrogen) atoms. The highest BCUT2D eigenvalue weighted by molar-refractivity contribution is 5.40. The van der Waals surface area contributed by atoms with Gasteiger partial charge in [-0.15, -0.1) is 5.10 Å². The highest BCUT2D eigenvalue weighted by Gasteiger charge is 2.13. The molecule has 2 heterocycles. The number of morpholine rings is 1. The molecular weight excluding hydrogens is 273 g/mol. The van der Waals surface area contributed by atoms with Crippen LogP contribution in [0.15, 0.2) is 30.5 Å². The van der Waals surface area contributed by atoms with Crippen molar-refractivity contribution < 1.29 is 9.13 Å². The minimum atomic E-state index is -0.244. The number of aromatic nitrogens is 3. The van der Waals surface area contributed by atoms with E-state index in [4.69, 9.17) is 4.74 Å². The molecule has 1 aliphatic heterocycles. The molecule has 1 fully saturated rings. The lowest BCUT2D eigenvalue weighted by molar-refractivity contribution is 0.122. The standard InChI is InChI=1S/C14H16FN5O/c15-12-3-1-11(2-4-12)9-16-14-18-13(10-17-19-14)20-5-7-21-8-6-20/h1-4,10H,5-9H2,(H,16,18,19). The summed E-state index contributed by atoms with van der Waals surface area (Å²) in [6, 6.07) is 6.31. The van der Waals surface area contributed by atoms with Crippen LogP contribution in [-0.4, -0.2) is 41.5 Å². The van der Waals surface area contributed by atoms with Crippen LogP contribution in [0.1, 0.15) is 5.56 Å². The van der Waals surface area contributed by atoms with Gasteiger partial charge in [-0.25, -0.2) is 4.39 Å². The molecule has 1 aliphatic rings. The Hall–Kier alpha value is -2.28. The van der Waals surface area contributed by atoms with Crippen LogP contribution in [0.25, 0.3) is 0 Å². The topological polar surface area (TPSA) is 63.2 Å². The van der Waals surface area contributed by atoms with E-state index < -0.39 is 0 Å². The summed E-state index contributed by atoms with van der Waals surface area (Å²) in [6.45, 7) is 3.52. The molecule has 0 atom stereocenters. The van der Waals surface area contributed by atoms with Crippen LogP contribution in [0, 0.1) is 5.82 Å². The largest absolute Gasteiger partial charge is 0.378 e. The van der Waals surface area contributed by atoms with Crippen molar-refractivity contribution in [3.05, 3.63) is 41.8 Å². The highest BCUT2D eigenvalue weighted by Crippen LogP contribution is 2.13. The fraction of sp³-hybridized carbons (Fsp3) is 0.357. The van der Waals surface area contributed by atoms with Crippen molar-refractivity contribution in [2.75, 3.05) is 36.5 Å². The maximum atomic E-state index is 12.8. The zero-order chi connectivity index (χ0) is 14.5. The number of hydrogen-bond donors (Lipinski definition) is 1. The molecule has 3 rings (SSSR count). The first kappa shape index (κ1) is 13.7. The van der Waals surface area contributed by atoms with Gasteiger partial charge in [0.1, 0.15) is 5.82 Å². The van der Waals surface area contributed by atoms with E-state index in [1.165, 1.54) is 12.1 Å². The number of benzene rings is 1. The number of anilines is 2. The molecule has 0 radical (unpaired) electrons. The van der Waals surface area contributed by atoms with E-state index in [0.717, 1.165) is 24.5 Å². The molecule has 110 valence electrons. The summed E-state index contributed by atoms with van der Waals surface area (Å²) in [5.41, 5.74) is 0.955. The molecule has 1 aromatic heterocycles. The molecule has 0 bridgehead atoms. The number of hydrogen-bond acceptors (Lipinski definition) is 6. The summed E-state index contributed by atoms with van der Waals surface area (Å²) in [6.07, 6.45) is 1.65. The van der Waals surface area contributed by atoms with Crippen LogP contribution in [-0.2, 0) is 11.3 Å². The van der Waals surface area contributed by atoms with E-state index in [9.17, 15) is 4.39 Å². The fourth-order valence-electron chi connectivity index (χ4n) is 2.10. The molecule has 0 unspecified atom stereocenters. The number of rotatable bonds is 4. The van der Waals surface area contributed by atoms with Crippen molar-refractivity contribution in [3.63, 3.8) is 0 Å². The SMILES string of the molecule is Fc1ccc(CNc2nncc(N3CCOCC3)n2)cc1. The highest BCUT2D eigenvalue weighted by atomic mass is 19.1. The van der Waals surface area contributed by atoms with Crippen molar-refractivity contribution in [2.45, 2.75) is 6.54 Å². The van der Waals surface area contributed by atoms with Gasteiger partial charge in [0.15, 0.2) is 5.82 Å². The maximum Gasteiger partial charge on any atom is 0.244 e. The number of ether oxygens (including phenoxy) is 1. The van der Waals surface area contributed by atoms with Crippen molar-refractivity contribution in [1.29, 1.82) is 0 Å². The Bertz CT molecular complexity index is 586. The van der Waals surface area contributed by atoms with Crippen molar-refractivity contribution in [1.82, 2.24) is 15.2 Å². The summed E-state index contributed by atoms with van der Waals surface area (Å²) in [5.74, 6) is 1.00. The Morgan fingerprint density at radius 3 is 2.71 bits per heavy atom. The van der Waals surface area contributed by atoms with E-state index in [1.54, 1.807) is 18.3 Å². The third-order valence-corrected chi connectivity index (χ3v) is 3.25. The molecule has 1 saturated heterocycles. The van der Waals surface area contributed by atoms with E-state index in [2.05, 4.69) is 25.4 Å². The first-order chi connectivity index (χ1) is 10.3. The summed E-state index contributed by atoms with van der Waals surface area (Å²) in [4.78, 5) is 6.55. The van der Waals surface area contributed by atoms with Crippen LogP contribution in [0.4, 0.5) is 16.2 Å². The minimum Gasteiger partial charge on any atom is -0.378 e. The molecule has 6 nitrogen and oxygen atoms in total. The second-order valence-corrected chi connectivity index (χ2v) is 4.72. The van der Waals surface area contributed by atoms with Gasteiger partial charge in [-0.1, -0.05) is 12.1 Å². The zero-order valence-electron chi connectivity index (χ0n) is 11.5. The molecule has 1 aromatic carbocycles. The third-order valence-electron chi connectivity index (χ3n) is 3.25. The smallest absolute Gasteiger partial charge is 0.244 e. The van der Waals surface area contributed by atoms with E-state index >= 15 is 0 Å². The summed E-state index contributed by atoms with van der Waals surface area (Å²) >= 11 is 0. The lowest BCUT2D eigenvalue weighted by atomic mass is 10.2. The van der Waals surface area contributed by atoms with Gasteiger partial charge in [0.25, 0.3) is 0 Å². The Balaban J connectivity index is 1.64. The quantitative estimate of drug-likeness (QED) is 0.919. The first-order valence-corrected chi connectivity index (χ1v) is 6.82. The maximum absolute atomic E-state index is 12.8. The van der Waals surface area contributed by atoms with Crippen LogP contribution in [0.3, 0.4) is 0 Å². The third kappa shape index (κ3) is 3.63. The Kier molecular flexibility index (Phi) is 4.20. The Morgan fingerprint density at radius 1 is 1.19 bits per heavy atom. The van der Waals surface area contributed by atoms with Crippen LogP contribution >= 0.6 is 0 Å². The second-order valence-electron chi connectivity index (χ2n) is 4.72. The number of nitrogens with one attached hydrogen (secondary N) is 1. The van der Waals surface area contributed by atoms with Gasteiger partial charge in [-0.05, 0) is 17.7 Å². The van der Waals surface area contributed by atoms with Gasteiger partial charge in [-0.2, -0.15) is 10.1 Å². The molecular formula is C14H16FN5O. The van der Waals surface area contributed by atoms with Crippen LogP contribution in [0.5, 0.6) is 0 Å². The summed E-state index contributed by atoms with van der Waals surface area (Å²) < 4.78 is 18.2. The predicted octanol–water partition coefficient (Wildman–Crippen LogP) is 1.46. The Morgan fingerprint density at radius 2 is 1.95 bits per heavy atom. The second kappa shape index (κ2) is 6.45. The van der Waals surface area contributed by atoms with Gasteiger partial charge >= 0.3 is 0 Å². The number of nitrogens with zero attached hydrogens (tertiary/aromatic N) is 4. The first-order valence-electron chi connectivity index (χ1n) is 6.82. The van der Waals surface area contributed by atoms with Crippen molar-refractivity contribution >= 4 is 11.8 Å². The zero-order valence-corrected chi connectivity index (χ0v) is 11.5. The van der Waals surface area contributed by atoms with Crippen LogP contribution in [0.2, 0.25) is 0 Å². The molecule has 0 amide bonds. The average Bonchev–Trinajstić information content (AvgIpc) is 2.55. The fourth-order valence-corrected chi connectivity index (χ4v) is 2.10. The van der Waals surface area contributed by atoms with E-state index in [1.807, 2.05) is 0 Å². The van der Waals surface area contributed by atoms with Gasteiger partial charge in [0.05, 0.1) is 19.4 Å². The van der Waals surface area contributed by atoms with E-state index in [-0.39, 0.29) is 5.82 Å². The van der Waals surface area contributed by atoms with Crippen LogP contribution < -0.4 is 10.2 Å². The average molecular weight is 289 g/mol. The molecule has 0 spiro atoms. The monoisotopic (exact) mass is 289 g/mol. The van der Waals surface area contributed by atoms with Gasteiger partial charge in [0, 0.05) is 19.6 Å². The van der Waals surface area contributed by atoms with Gasteiger partial charge < -0.3 is 15.0 Å². The van der Waals surface area contributed by atoms with Crippen molar-refractivity contribution in [2.24, 2.45) is 0 Å². The summed E-state index contributed by atoms with van der Waals surface area (Å²) in [5, 5.41) is 11.0. The number of halogens is 1. The van der Waals surface area contributed by atoms with E-state index in [0.29, 0.717) is 25.7 Å². The molecule has 2 aromatic rings. The van der Waals surface area contributed by atoms with Crippen molar-refractivity contribution in [3.8, 4) is 0 Å².